The van der Waals surface area contributed by atoms with Crippen molar-refractivity contribution in [1.29, 1.82) is 0 Å². The number of amides is 1. The number of nitrogens with one attached hydrogen (secondary N) is 1. The van der Waals surface area contributed by atoms with E-state index in [0.717, 1.165) is 6.07 Å². The van der Waals surface area contributed by atoms with Gasteiger partial charge in [0.1, 0.15) is 10.7 Å². The lowest BCUT2D eigenvalue weighted by Crippen LogP contribution is -2.26. The quantitative estimate of drug-likeness (QED) is 0.370. The lowest BCUT2D eigenvalue weighted by Gasteiger charge is -2.18. The number of nitro benzene ring substituents is 1. The Kier molecular flexibility index (Phi) is 6.16. The Bertz CT molecular complexity index is 1040. The molecule has 0 aliphatic rings. The first-order chi connectivity index (χ1) is 14.0. The zero-order valence-corrected chi connectivity index (χ0v) is 15.6. The van der Waals surface area contributed by atoms with Gasteiger partial charge in [-0.15, -0.1) is 0 Å². The lowest BCUT2D eigenvalue weighted by atomic mass is 10.1. The molecule has 0 radical (unpaired) electrons. The molecule has 0 saturated carbocycles. The highest BCUT2D eigenvalue weighted by Crippen LogP contribution is 2.28. The summed E-state index contributed by atoms with van der Waals surface area (Å²) >= 11 is 5.79. The number of halogens is 1. The molecule has 2 aromatic carbocycles. The Morgan fingerprint density at radius 2 is 1.79 bits per heavy atom. The number of anilines is 1. The van der Waals surface area contributed by atoms with Crippen molar-refractivity contribution in [3.05, 3.63) is 99.3 Å². The van der Waals surface area contributed by atoms with Crippen molar-refractivity contribution in [2.75, 3.05) is 5.32 Å². The van der Waals surface area contributed by atoms with Crippen LogP contribution in [0.3, 0.4) is 0 Å². The summed E-state index contributed by atoms with van der Waals surface area (Å²) in [5.41, 5.74) is 0.258. The smallest absolute Gasteiger partial charge is 0.358 e. The Hall–Kier alpha value is -3.78. The number of hydrogen-bond donors (Lipinski definition) is 1. The maximum Gasteiger partial charge on any atom is 0.358 e. The summed E-state index contributed by atoms with van der Waals surface area (Å²) in [7, 11) is 0. The molecule has 0 fully saturated rings. The SMILES string of the molecule is O=C(OC(C(=O)Nc1ccc(Cl)c([N+](=O)[O-])c1)c1ccccc1)c1ccccn1. The number of ether oxygens (including phenoxy) is 1. The summed E-state index contributed by atoms with van der Waals surface area (Å²) in [6.45, 7) is 0. The van der Waals surface area contributed by atoms with Crippen molar-refractivity contribution in [3.63, 3.8) is 0 Å². The zero-order chi connectivity index (χ0) is 20.8. The molecule has 1 N–H and O–H groups in total. The van der Waals surface area contributed by atoms with Crippen LogP contribution in [0.15, 0.2) is 72.9 Å². The molecule has 1 aromatic heterocycles. The molecule has 0 spiro atoms. The molecule has 0 saturated heterocycles. The molecular weight excluding hydrogens is 398 g/mol. The van der Waals surface area contributed by atoms with Crippen LogP contribution < -0.4 is 5.32 Å². The minimum Gasteiger partial charge on any atom is -0.443 e. The molecule has 3 rings (SSSR count). The van der Waals surface area contributed by atoms with Crippen molar-refractivity contribution in [1.82, 2.24) is 4.98 Å². The third-order valence-electron chi connectivity index (χ3n) is 3.85. The second kappa shape index (κ2) is 8.94. The molecule has 0 aliphatic carbocycles. The molecule has 1 heterocycles. The Morgan fingerprint density at radius 3 is 2.45 bits per heavy atom. The summed E-state index contributed by atoms with van der Waals surface area (Å²) < 4.78 is 5.38. The van der Waals surface area contributed by atoms with Gasteiger partial charge in [0.2, 0.25) is 6.10 Å². The normalized spacial score (nSPS) is 11.3. The van der Waals surface area contributed by atoms with Crippen molar-refractivity contribution >= 4 is 34.9 Å². The van der Waals surface area contributed by atoms with E-state index < -0.39 is 22.9 Å². The summed E-state index contributed by atoms with van der Waals surface area (Å²) in [6.07, 6.45) is 0.140. The van der Waals surface area contributed by atoms with Gasteiger partial charge in [0, 0.05) is 23.5 Å². The van der Waals surface area contributed by atoms with Crippen molar-refractivity contribution in [2.45, 2.75) is 6.10 Å². The van der Waals surface area contributed by atoms with Crippen LogP contribution in [0.25, 0.3) is 0 Å². The molecule has 8 nitrogen and oxygen atoms in total. The van der Waals surface area contributed by atoms with Crippen molar-refractivity contribution in [2.24, 2.45) is 0 Å². The molecule has 3 aromatic rings. The summed E-state index contributed by atoms with van der Waals surface area (Å²) in [5.74, 6) is -1.46. The predicted molar refractivity (Wildman–Crippen MR) is 106 cm³/mol. The van der Waals surface area contributed by atoms with Crippen LogP contribution in [-0.4, -0.2) is 21.8 Å². The average Bonchev–Trinajstić information content (AvgIpc) is 2.74. The topological polar surface area (TPSA) is 111 Å². The van der Waals surface area contributed by atoms with E-state index >= 15 is 0 Å². The molecular formula is C20H14ClN3O5. The van der Waals surface area contributed by atoms with Gasteiger partial charge in [-0.3, -0.25) is 14.9 Å². The van der Waals surface area contributed by atoms with E-state index in [9.17, 15) is 19.7 Å². The minimum absolute atomic E-state index is 0.0448. The molecule has 0 bridgehead atoms. The van der Waals surface area contributed by atoms with Crippen LogP contribution in [-0.2, 0) is 9.53 Å². The minimum atomic E-state index is -1.29. The highest BCUT2D eigenvalue weighted by Gasteiger charge is 2.27. The molecule has 1 unspecified atom stereocenters. The monoisotopic (exact) mass is 411 g/mol. The van der Waals surface area contributed by atoms with E-state index in [-0.39, 0.29) is 22.1 Å². The van der Waals surface area contributed by atoms with E-state index in [0.29, 0.717) is 5.56 Å². The van der Waals surface area contributed by atoms with Gasteiger partial charge >= 0.3 is 5.97 Å². The van der Waals surface area contributed by atoms with Crippen molar-refractivity contribution < 1.29 is 19.2 Å². The number of carbonyl (C=O) groups excluding carboxylic acids is 2. The van der Waals surface area contributed by atoms with Gasteiger partial charge in [-0.1, -0.05) is 48.0 Å². The number of pyridine rings is 1. The van der Waals surface area contributed by atoms with E-state index in [1.54, 1.807) is 42.5 Å². The molecule has 1 atom stereocenters. The van der Waals surface area contributed by atoms with Gasteiger partial charge in [-0.05, 0) is 24.3 Å². The fourth-order valence-electron chi connectivity index (χ4n) is 2.49. The summed E-state index contributed by atoms with van der Waals surface area (Å²) in [6, 6.07) is 17.0. The van der Waals surface area contributed by atoms with Gasteiger partial charge in [0.05, 0.1) is 4.92 Å². The number of esters is 1. The number of aromatic nitrogens is 1. The Balaban J connectivity index is 1.86. The third-order valence-corrected chi connectivity index (χ3v) is 4.17. The molecule has 0 aliphatic heterocycles. The second-order valence-electron chi connectivity index (χ2n) is 5.82. The van der Waals surface area contributed by atoms with Gasteiger partial charge < -0.3 is 10.1 Å². The number of rotatable bonds is 6. The highest BCUT2D eigenvalue weighted by molar-refractivity contribution is 6.32. The fraction of sp³-hybridized carbons (Fsp3) is 0.0500. The van der Waals surface area contributed by atoms with Gasteiger partial charge in [-0.2, -0.15) is 0 Å². The Morgan fingerprint density at radius 1 is 1.07 bits per heavy atom. The fourth-order valence-corrected chi connectivity index (χ4v) is 2.68. The molecule has 29 heavy (non-hydrogen) atoms. The highest BCUT2D eigenvalue weighted by atomic mass is 35.5. The lowest BCUT2D eigenvalue weighted by molar-refractivity contribution is -0.384. The number of hydrogen-bond acceptors (Lipinski definition) is 6. The number of benzene rings is 2. The number of carbonyl (C=O) groups is 2. The largest absolute Gasteiger partial charge is 0.443 e. The van der Waals surface area contributed by atoms with Crippen LogP contribution in [0.1, 0.15) is 22.2 Å². The zero-order valence-electron chi connectivity index (χ0n) is 14.8. The standard InChI is InChI=1S/C20H14ClN3O5/c21-15-10-9-14(12-17(15)24(27)28)23-19(25)18(13-6-2-1-3-7-13)29-20(26)16-8-4-5-11-22-16/h1-12,18H,(H,23,25). The maximum absolute atomic E-state index is 12.8. The summed E-state index contributed by atoms with van der Waals surface area (Å²) in [5, 5.41) is 13.5. The predicted octanol–water partition coefficient (Wildman–Crippen LogP) is 4.18. The van der Waals surface area contributed by atoms with Crippen LogP contribution in [0, 0.1) is 10.1 Å². The van der Waals surface area contributed by atoms with E-state index in [1.807, 2.05) is 0 Å². The number of nitro groups is 1. The van der Waals surface area contributed by atoms with Gasteiger partial charge in [-0.25, -0.2) is 9.78 Å². The molecule has 9 heteroatoms. The van der Waals surface area contributed by atoms with Gasteiger partial charge in [0.25, 0.3) is 11.6 Å². The van der Waals surface area contributed by atoms with Gasteiger partial charge in [0.15, 0.2) is 0 Å². The first kappa shape index (κ1) is 20.0. The summed E-state index contributed by atoms with van der Waals surface area (Å²) in [4.78, 5) is 39.5. The first-order valence-corrected chi connectivity index (χ1v) is 8.75. The van der Waals surface area contributed by atoms with E-state index in [1.165, 1.54) is 24.4 Å². The molecule has 1 amide bonds. The van der Waals surface area contributed by atoms with Crippen LogP contribution >= 0.6 is 11.6 Å². The number of nitrogens with zero attached hydrogens (tertiary/aromatic N) is 2. The van der Waals surface area contributed by atoms with E-state index in [2.05, 4.69) is 10.3 Å². The van der Waals surface area contributed by atoms with Crippen molar-refractivity contribution in [3.8, 4) is 0 Å². The van der Waals surface area contributed by atoms with E-state index in [4.69, 9.17) is 16.3 Å². The van der Waals surface area contributed by atoms with Crippen LogP contribution in [0.2, 0.25) is 5.02 Å². The van der Waals surface area contributed by atoms with Crippen LogP contribution in [0.4, 0.5) is 11.4 Å². The first-order valence-electron chi connectivity index (χ1n) is 8.37. The average molecular weight is 412 g/mol. The second-order valence-corrected chi connectivity index (χ2v) is 6.23. The third kappa shape index (κ3) is 4.94. The maximum atomic E-state index is 12.8. The molecule has 146 valence electrons. The Labute approximate surface area is 170 Å². The van der Waals surface area contributed by atoms with Crippen LogP contribution in [0.5, 0.6) is 0 Å².